The zero-order valence-electron chi connectivity index (χ0n) is 12.6. The van der Waals surface area contributed by atoms with Crippen LogP contribution in [0.2, 0.25) is 0 Å². The number of aromatic nitrogens is 1. The van der Waals surface area contributed by atoms with E-state index < -0.39 is 11.4 Å². The number of carboxylic acids is 1. The van der Waals surface area contributed by atoms with Crippen molar-refractivity contribution < 1.29 is 14.7 Å². The van der Waals surface area contributed by atoms with Crippen LogP contribution in [0.4, 0.5) is 0 Å². The van der Waals surface area contributed by atoms with Gasteiger partial charge in [-0.25, -0.2) is 0 Å². The van der Waals surface area contributed by atoms with E-state index in [1.807, 2.05) is 0 Å². The molecule has 0 radical (unpaired) electrons. The molecule has 5 heteroatoms. The van der Waals surface area contributed by atoms with E-state index in [4.69, 9.17) is 0 Å². The van der Waals surface area contributed by atoms with Crippen LogP contribution in [0.1, 0.15) is 48.7 Å². The first-order valence-electron chi connectivity index (χ1n) is 7.38. The number of hydrogen-bond donors (Lipinski definition) is 2. The Morgan fingerprint density at radius 1 is 1.43 bits per heavy atom. The summed E-state index contributed by atoms with van der Waals surface area (Å²) in [6, 6.07) is 3.41. The molecule has 0 atom stereocenters. The van der Waals surface area contributed by atoms with Gasteiger partial charge in [0, 0.05) is 18.4 Å². The second kappa shape index (κ2) is 6.24. The first kappa shape index (κ1) is 15.5. The molecular weight excluding hydrogens is 268 g/mol. The summed E-state index contributed by atoms with van der Waals surface area (Å²) in [7, 11) is 0. The molecule has 1 aliphatic carbocycles. The number of carbonyl (C=O) groups excluding carboxylic acids is 1. The molecule has 0 aliphatic heterocycles. The standard InChI is InChI=1S/C16H22N2O3/c1-11-5-7-16(8-6-11,15(20)21)10-18-14(19)13-4-3-9-17-12(13)2/h3-4,9,11H,5-8,10H2,1-2H3,(H,18,19)(H,20,21). The molecule has 0 saturated heterocycles. The summed E-state index contributed by atoms with van der Waals surface area (Å²) in [4.78, 5) is 27.9. The van der Waals surface area contributed by atoms with Crippen molar-refractivity contribution in [2.24, 2.45) is 11.3 Å². The number of amides is 1. The molecule has 0 unspecified atom stereocenters. The van der Waals surface area contributed by atoms with Gasteiger partial charge in [0.05, 0.1) is 11.0 Å². The predicted octanol–water partition coefficient (Wildman–Crippen LogP) is 2.40. The summed E-state index contributed by atoms with van der Waals surface area (Å²) >= 11 is 0. The maximum atomic E-state index is 12.2. The quantitative estimate of drug-likeness (QED) is 0.892. The summed E-state index contributed by atoms with van der Waals surface area (Å²) in [6.45, 7) is 4.09. The molecule has 0 spiro atoms. The summed E-state index contributed by atoms with van der Waals surface area (Å²) in [5, 5.41) is 12.3. The number of aryl methyl sites for hydroxylation is 1. The van der Waals surface area contributed by atoms with Crippen LogP contribution in [0.3, 0.4) is 0 Å². The Kier molecular flexibility index (Phi) is 4.60. The fourth-order valence-corrected chi connectivity index (χ4v) is 2.85. The molecule has 0 bridgehead atoms. The van der Waals surface area contributed by atoms with E-state index in [1.54, 1.807) is 25.3 Å². The van der Waals surface area contributed by atoms with E-state index in [1.165, 1.54) is 0 Å². The van der Waals surface area contributed by atoms with Crippen LogP contribution in [-0.2, 0) is 4.79 Å². The number of nitrogens with one attached hydrogen (secondary N) is 1. The van der Waals surface area contributed by atoms with Gasteiger partial charge in [-0.15, -0.1) is 0 Å². The predicted molar refractivity (Wildman–Crippen MR) is 79.0 cm³/mol. The Labute approximate surface area is 124 Å². The molecule has 0 aromatic carbocycles. The molecule has 1 amide bonds. The molecule has 2 N–H and O–H groups in total. The molecular formula is C16H22N2O3. The lowest BCUT2D eigenvalue weighted by Crippen LogP contribution is -2.45. The van der Waals surface area contributed by atoms with Gasteiger partial charge in [0.1, 0.15) is 0 Å². The van der Waals surface area contributed by atoms with Gasteiger partial charge in [-0.3, -0.25) is 14.6 Å². The Bertz CT molecular complexity index is 534. The van der Waals surface area contributed by atoms with E-state index in [2.05, 4.69) is 17.2 Å². The van der Waals surface area contributed by atoms with E-state index in [9.17, 15) is 14.7 Å². The van der Waals surface area contributed by atoms with Gasteiger partial charge in [0.2, 0.25) is 0 Å². The highest BCUT2D eigenvalue weighted by Crippen LogP contribution is 2.38. The van der Waals surface area contributed by atoms with E-state index in [-0.39, 0.29) is 12.5 Å². The highest BCUT2D eigenvalue weighted by molar-refractivity contribution is 5.95. The Balaban J connectivity index is 2.04. The molecule has 5 nitrogen and oxygen atoms in total. The van der Waals surface area contributed by atoms with Crippen molar-refractivity contribution in [2.75, 3.05) is 6.54 Å². The lowest BCUT2D eigenvalue weighted by molar-refractivity contribution is -0.151. The summed E-state index contributed by atoms with van der Waals surface area (Å²) < 4.78 is 0. The number of hydrogen-bond acceptors (Lipinski definition) is 3. The van der Waals surface area contributed by atoms with Crippen molar-refractivity contribution in [1.29, 1.82) is 0 Å². The van der Waals surface area contributed by atoms with E-state index in [0.29, 0.717) is 30.0 Å². The SMILES string of the molecule is Cc1ncccc1C(=O)NCC1(C(=O)O)CCC(C)CC1. The zero-order valence-corrected chi connectivity index (χ0v) is 12.6. The molecule has 21 heavy (non-hydrogen) atoms. The average Bonchev–Trinajstić information content (AvgIpc) is 2.47. The third-order valence-electron chi connectivity index (χ3n) is 4.52. The number of pyridine rings is 1. The van der Waals surface area contributed by atoms with Gasteiger partial charge < -0.3 is 10.4 Å². The van der Waals surface area contributed by atoms with Crippen LogP contribution >= 0.6 is 0 Å². The molecule has 1 aromatic heterocycles. The van der Waals surface area contributed by atoms with Gasteiger partial charge in [-0.05, 0) is 50.7 Å². The van der Waals surface area contributed by atoms with E-state index in [0.717, 1.165) is 12.8 Å². The third kappa shape index (κ3) is 3.40. The van der Waals surface area contributed by atoms with Crippen molar-refractivity contribution in [3.63, 3.8) is 0 Å². The minimum Gasteiger partial charge on any atom is -0.481 e. The minimum atomic E-state index is -0.821. The van der Waals surface area contributed by atoms with Crippen LogP contribution in [0.15, 0.2) is 18.3 Å². The van der Waals surface area contributed by atoms with Crippen molar-refractivity contribution in [3.8, 4) is 0 Å². The fraction of sp³-hybridized carbons (Fsp3) is 0.562. The fourth-order valence-electron chi connectivity index (χ4n) is 2.85. The number of aliphatic carboxylic acids is 1. The number of carboxylic acid groups (broad SMARTS) is 1. The van der Waals surface area contributed by atoms with Gasteiger partial charge in [-0.2, -0.15) is 0 Å². The monoisotopic (exact) mass is 290 g/mol. The smallest absolute Gasteiger partial charge is 0.311 e. The van der Waals surface area contributed by atoms with Gasteiger partial charge in [-0.1, -0.05) is 6.92 Å². The van der Waals surface area contributed by atoms with Crippen LogP contribution in [0.5, 0.6) is 0 Å². The Hall–Kier alpha value is -1.91. The summed E-state index contributed by atoms with van der Waals surface area (Å²) in [6.07, 6.45) is 4.67. The maximum Gasteiger partial charge on any atom is 0.311 e. The second-order valence-corrected chi connectivity index (χ2v) is 6.09. The molecule has 1 aliphatic rings. The van der Waals surface area contributed by atoms with Gasteiger partial charge in [0.15, 0.2) is 0 Å². The topological polar surface area (TPSA) is 79.3 Å². The first-order chi connectivity index (χ1) is 9.94. The van der Waals surface area contributed by atoms with Crippen LogP contribution < -0.4 is 5.32 Å². The summed E-state index contributed by atoms with van der Waals surface area (Å²) in [5.41, 5.74) is 0.331. The van der Waals surface area contributed by atoms with Gasteiger partial charge in [0.25, 0.3) is 5.91 Å². The van der Waals surface area contributed by atoms with Crippen LogP contribution in [0.25, 0.3) is 0 Å². The van der Waals surface area contributed by atoms with Crippen LogP contribution in [-0.4, -0.2) is 28.5 Å². The molecule has 1 fully saturated rings. The largest absolute Gasteiger partial charge is 0.481 e. The van der Waals surface area contributed by atoms with Crippen LogP contribution in [0, 0.1) is 18.3 Å². The molecule has 114 valence electrons. The lowest BCUT2D eigenvalue weighted by atomic mass is 9.71. The molecule has 1 saturated carbocycles. The molecule has 2 rings (SSSR count). The van der Waals surface area contributed by atoms with Crippen molar-refractivity contribution in [3.05, 3.63) is 29.6 Å². The highest BCUT2D eigenvalue weighted by atomic mass is 16.4. The number of nitrogens with zero attached hydrogens (tertiary/aromatic N) is 1. The zero-order chi connectivity index (χ0) is 15.5. The maximum absolute atomic E-state index is 12.2. The van der Waals surface area contributed by atoms with Gasteiger partial charge >= 0.3 is 5.97 Å². The number of rotatable bonds is 4. The Morgan fingerprint density at radius 3 is 2.67 bits per heavy atom. The van der Waals surface area contributed by atoms with Crippen molar-refractivity contribution in [1.82, 2.24) is 10.3 Å². The molecule has 1 heterocycles. The normalized spacial score (nSPS) is 25.3. The van der Waals surface area contributed by atoms with Crippen molar-refractivity contribution >= 4 is 11.9 Å². The highest BCUT2D eigenvalue weighted by Gasteiger charge is 2.41. The Morgan fingerprint density at radius 2 is 2.10 bits per heavy atom. The minimum absolute atomic E-state index is 0.183. The lowest BCUT2D eigenvalue weighted by Gasteiger charge is -2.35. The average molecular weight is 290 g/mol. The molecule has 1 aromatic rings. The third-order valence-corrected chi connectivity index (χ3v) is 4.52. The first-order valence-corrected chi connectivity index (χ1v) is 7.38. The summed E-state index contributed by atoms with van der Waals surface area (Å²) in [5.74, 6) is -0.494. The van der Waals surface area contributed by atoms with E-state index >= 15 is 0 Å². The second-order valence-electron chi connectivity index (χ2n) is 6.09. The van der Waals surface area contributed by atoms with Crippen molar-refractivity contribution in [2.45, 2.75) is 39.5 Å². The number of carbonyl (C=O) groups is 2.